The smallest absolute Gasteiger partial charge is 0.166 e. The summed E-state index contributed by atoms with van der Waals surface area (Å²) in [5, 5.41) is 6.67. The van der Waals surface area contributed by atoms with E-state index in [1.54, 1.807) is 0 Å². The lowest BCUT2D eigenvalue weighted by atomic mass is 10.0. The van der Waals surface area contributed by atoms with Crippen LogP contribution in [0.3, 0.4) is 0 Å². The maximum atomic E-state index is 7.36. The summed E-state index contributed by atoms with van der Waals surface area (Å²) in [5.74, 6) is 1.76. The van der Waals surface area contributed by atoms with E-state index in [-0.39, 0.29) is 0 Å². The molecule has 4 heterocycles. The molecular weight excluding hydrogens is 843 g/mol. The average molecular weight is 882 g/mol. The first-order valence-corrected chi connectivity index (χ1v) is 23.3. The molecule has 0 saturated carbocycles. The van der Waals surface area contributed by atoms with Gasteiger partial charge in [-0.2, -0.15) is 0 Å². The van der Waals surface area contributed by atoms with Crippen molar-refractivity contribution >= 4 is 65.6 Å². The first-order chi connectivity index (χ1) is 34.2. The van der Waals surface area contributed by atoms with Crippen LogP contribution in [0.1, 0.15) is 0 Å². The maximum Gasteiger partial charge on any atom is 0.166 e. The Morgan fingerprint density at radius 2 is 0.667 bits per heavy atom. The van der Waals surface area contributed by atoms with Crippen molar-refractivity contribution in [2.45, 2.75) is 0 Å². The maximum absolute atomic E-state index is 7.36. The lowest BCUT2D eigenvalue weighted by Crippen LogP contribution is -2.03. The number of hydrogen-bond acceptors (Lipinski definition) is 4. The fourth-order valence-corrected chi connectivity index (χ4v) is 10.4. The fraction of sp³-hybridized carbons (Fsp3) is 0. The quantitative estimate of drug-likeness (QED) is 0.160. The normalized spacial score (nSPS) is 11.8. The lowest BCUT2D eigenvalue weighted by molar-refractivity contribution is 0.673. The van der Waals surface area contributed by atoms with Gasteiger partial charge in [-0.05, 0) is 70.8 Å². The van der Waals surface area contributed by atoms with Gasteiger partial charge >= 0.3 is 0 Å². The second-order valence-electron chi connectivity index (χ2n) is 17.5. The zero-order valence-electron chi connectivity index (χ0n) is 37.2. The molecule has 14 aromatic rings. The van der Waals surface area contributed by atoms with Crippen molar-refractivity contribution in [1.29, 1.82) is 0 Å². The first-order valence-electron chi connectivity index (χ1n) is 23.3. The molecule has 0 aliphatic heterocycles. The van der Waals surface area contributed by atoms with E-state index in [1.165, 1.54) is 5.39 Å². The minimum atomic E-state index is 0.571. The molecule has 0 aliphatic rings. The van der Waals surface area contributed by atoms with Crippen LogP contribution in [-0.4, -0.2) is 24.1 Å². The van der Waals surface area contributed by atoms with Gasteiger partial charge in [-0.3, -0.25) is 0 Å². The molecule has 0 saturated heterocycles. The summed E-state index contributed by atoms with van der Waals surface area (Å²) in [5.41, 5.74) is 15.1. The predicted molar refractivity (Wildman–Crippen MR) is 283 cm³/mol. The van der Waals surface area contributed by atoms with Crippen LogP contribution in [-0.2, 0) is 0 Å². The summed E-state index contributed by atoms with van der Waals surface area (Å²) in [7, 11) is 0. The van der Waals surface area contributed by atoms with Crippen molar-refractivity contribution in [2.24, 2.45) is 0 Å². The van der Waals surface area contributed by atoms with Gasteiger partial charge in [0.15, 0.2) is 28.6 Å². The predicted octanol–water partition coefficient (Wildman–Crippen LogP) is 16.3. The molecule has 0 amide bonds. The number of hydrogen-bond donors (Lipinski definition) is 0. The van der Waals surface area contributed by atoms with E-state index in [0.29, 0.717) is 17.5 Å². The molecule has 0 aliphatic carbocycles. The van der Waals surface area contributed by atoms with Crippen LogP contribution in [0, 0.1) is 0 Å². The monoisotopic (exact) mass is 881 g/mol. The minimum absolute atomic E-state index is 0.571. The molecule has 4 aromatic heterocycles. The third-order valence-electron chi connectivity index (χ3n) is 13.6. The van der Waals surface area contributed by atoms with Crippen molar-refractivity contribution in [3.63, 3.8) is 0 Å². The van der Waals surface area contributed by atoms with Crippen LogP contribution >= 0.6 is 0 Å². The number of rotatable bonds is 7. The highest BCUT2D eigenvalue weighted by molar-refractivity contribution is 6.26. The summed E-state index contributed by atoms with van der Waals surface area (Å²) in [6.45, 7) is 0. The van der Waals surface area contributed by atoms with Gasteiger partial charge in [0.1, 0.15) is 0 Å². The zero-order valence-corrected chi connectivity index (χ0v) is 37.2. The molecule has 0 radical (unpaired) electrons. The van der Waals surface area contributed by atoms with E-state index in [9.17, 15) is 0 Å². The van der Waals surface area contributed by atoms with Gasteiger partial charge in [0.05, 0.1) is 27.8 Å². The van der Waals surface area contributed by atoms with E-state index < -0.39 is 0 Å². The van der Waals surface area contributed by atoms with Crippen molar-refractivity contribution < 1.29 is 4.42 Å². The second kappa shape index (κ2) is 15.6. The molecule has 0 bridgehead atoms. The Morgan fingerprint density at radius 1 is 0.275 bits per heavy atom. The van der Waals surface area contributed by atoms with E-state index in [4.69, 9.17) is 19.4 Å². The Balaban J connectivity index is 1.01. The van der Waals surface area contributed by atoms with Gasteiger partial charge in [-0.1, -0.05) is 188 Å². The molecule has 0 spiro atoms. The number of nitrogens with zero attached hydrogens (tertiary/aromatic N) is 5. The Morgan fingerprint density at radius 3 is 1.22 bits per heavy atom. The Labute approximate surface area is 396 Å². The summed E-state index contributed by atoms with van der Waals surface area (Å²) >= 11 is 0. The van der Waals surface area contributed by atoms with Gasteiger partial charge in [0, 0.05) is 54.7 Å². The van der Waals surface area contributed by atoms with E-state index in [2.05, 4.69) is 234 Å². The van der Waals surface area contributed by atoms with E-state index >= 15 is 0 Å². The SMILES string of the molecule is c1ccc(-c2ccc(-c3nc(-c4ccc(-c5ccccc5)cc4)nc(-c4ccccc4-n4c5ccccc5c5ccc6c7ccc8c9ccccc9n(-c9ccccc9)c8c7oc6c54)n3)cc2)cc1. The molecule has 0 atom stereocenters. The molecule has 0 fully saturated rings. The average Bonchev–Trinajstić information content (AvgIpc) is 4.10. The van der Waals surface area contributed by atoms with E-state index in [1.807, 2.05) is 12.1 Å². The van der Waals surface area contributed by atoms with Gasteiger partial charge in [-0.15, -0.1) is 0 Å². The lowest BCUT2D eigenvalue weighted by Gasteiger charge is -2.15. The second-order valence-corrected chi connectivity index (χ2v) is 17.5. The summed E-state index contributed by atoms with van der Waals surface area (Å²) in [4.78, 5) is 15.8. The van der Waals surface area contributed by atoms with Gasteiger partial charge in [0.2, 0.25) is 0 Å². The van der Waals surface area contributed by atoms with Crippen LogP contribution in [0.15, 0.2) is 241 Å². The minimum Gasteiger partial charge on any atom is -0.452 e. The molecule has 6 nitrogen and oxygen atoms in total. The Bertz CT molecular complexity index is 4170. The number of benzene rings is 10. The summed E-state index contributed by atoms with van der Waals surface area (Å²) in [6.07, 6.45) is 0. The summed E-state index contributed by atoms with van der Waals surface area (Å²) in [6, 6.07) is 83.0. The standard InChI is InChI=1S/C63H39N5O/c1-4-16-40(17-5-1)42-28-32-44(33-29-42)61-64-62(45-34-30-43(31-35-45)41-18-6-2-7-19-41)66-63(65-61)53-24-12-15-27-56(53)68-55-26-14-11-23-48(55)50-37-39-52-51-38-36-49-47-22-10-13-25-54(47)67(46-20-8-3-9-21-46)57(49)59(51)69-60(52)58(50)68/h1-39H. The fourth-order valence-electron chi connectivity index (χ4n) is 10.4. The Hall–Kier alpha value is -9.39. The highest BCUT2D eigenvalue weighted by Gasteiger charge is 2.25. The number of fused-ring (bicyclic) bond motifs is 11. The molecule has 0 unspecified atom stereocenters. The topological polar surface area (TPSA) is 61.7 Å². The van der Waals surface area contributed by atoms with Crippen molar-refractivity contribution in [3.05, 3.63) is 237 Å². The van der Waals surface area contributed by atoms with Crippen molar-refractivity contribution in [2.75, 3.05) is 0 Å². The summed E-state index contributed by atoms with van der Waals surface area (Å²) < 4.78 is 12.1. The molecule has 6 heteroatoms. The van der Waals surface area contributed by atoms with Gasteiger partial charge in [-0.25, -0.2) is 15.0 Å². The molecule has 0 N–H and O–H groups in total. The third kappa shape index (κ3) is 6.23. The number of para-hydroxylation sites is 4. The van der Waals surface area contributed by atoms with Crippen LogP contribution in [0.25, 0.3) is 133 Å². The highest BCUT2D eigenvalue weighted by Crippen LogP contribution is 2.45. The number of aromatic nitrogens is 5. The molecule has 14 rings (SSSR count). The van der Waals surface area contributed by atoms with Gasteiger partial charge in [0.25, 0.3) is 0 Å². The van der Waals surface area contributed by atoms with E-state index in [0.717, 1.165) is 110 Å². The first kappa shape index (κ1) is 38.8. The Kier molecular flexibility index (Phi) is 8.79. The molecule has 322 valence electrons. The van der Waals surface area contributed by atoms with Crippen LogP contribution in [0.2, 0.25) is 0 Å². The van der Waals surface area contributed by atoms with Crippen LogP contribution in [0.4, 0.5) is 0 Å². The van der Waals surface area contributed by atoms with Crippen molar-refractivity contribution in [3.8, 4) is 67.8 Å². The zero-order chi connectivity index (χ0) is 45.4. The van der Waals surface area contributed by atoms with Crippen LogP contribution < -0.4 is 0 Å². The molecular formula is C63H39N5O. The largest absolute Gasteiger partial charge is 0.452 e. The molecule has 69 heavy (non-hydrogen) atoms. The number of furan rings is 1. The highest BCUT2D eigenvalue weighted by atomic mass is 16.3. The van der Waals surface area contributed by atoms with Crippen LogP contribution in [0.5, 0.6) is 0 Å². The van der Waals surface area contributed by atoms with Gasteiger partial charge < -0.3 is 13.6 Å². The molecule has 10 aromatic carbocycles. The third-order valence-corrected chi connectivity index (χ3v) is 13.6. The van der Waals surface area contributed by atoms with Crippen molar-refractivity contribution in [1.82, 2.24) is 24.1 Å².